The molecule has 21 heavy (non-hydrogen) atoms. The topological polar surface area (TPSA) is 79.3 Å². The molecule has 6 heteroatoms. The Morgan fingerprint density at radius 3 is 2.62 bits per heavy atom. The largest absolute Gasteiger partial charge is 0.481 e. The number of thiazole rings is 1. The zero-order valence-electron chi connectivity index (χ0n) is 11.4. The molecule has 2 N–H and O–H groups in total. The van der Waals surface area contributed by atoms with Gasteiger partial charge in [-0.15, -0.1) is 11.3 Å². The summed E-state index contributed by atoms with van der Waals surface area (Å²) < 4.78 is 0. The fraction of sp³-hybridized carbons (Fsp3) is 0.133. The highest BCUT2D eigenvalue weighted by Gasteiger charge is 2.01. The number of amides is 1. The number of carboxylic acids is 1. The van der Waals surface area contributed by atoms with Crippen LogP contribution >= 0.6 is 11.3 Å². The van der Waals surface area contributed by atoms with E-state index < -0.39 is 5.97 Å². The fourth-order valence-electron chi connectivity index (χ4n) is 1.67. The smallest absolute Gasteiger partial charge is 0.307 e. The van der Waals surface area contributed by atoms with E-state index in [0.29, 0.717) is 5.13 Å². The molecular formula is C15H14N2O3S. The van der Waals surface area contributed by atoms with Crippen molar-refractivity contribution in [1.29, 1.82) is 0 Å². The van der Waals surface area contributed by atoms with Crippen molar-refractivity contribution in [2.75, 3.05) is 5.32 Å². The Morgan fingerprint density at radius 2 is 2.00 bits per heavy atom. The van der Waals surface area contributed by atoms with Gasteiger partial charge in [-0.1, -0.05) is 30.3 Å². The van der Waals surface area contributed by atoms with E-state index >= 15 is 0 Å². The molecule has 0 atom stereocenters. The summed E-state index contributed by atoms with van der Waals surface area (Å²) in [5.74, 6) is -0.986. The highest BCUT2D eigenvalue weighted by molar-refractivity contribution is 7.14. The molecule has 0 radical (unpaired) electrons. The van der Waals surface area contributed by atoms with Crippen LogP contribution in [0.3, 0.4) is 0 Å². The van der Waals surface area contributed by atoms with Crippen LogP contribution in [0.25, 0.3) is 12.2 Å². The lowest BCUT2D eigenvalue weighted by molar-refractivity contribution is -0.136. The average Bonchev–Trinajstić information content (AvgIpc) is 2.84. The van der Waals surface area contributed by atoms with Crippen molar-refractivity contribution in [2.24, 2.45) is 0 Å². The van der Waals surface area contributed by atoms with Crippen LogP contribution in [0.15, 0.2) is 29.6 Å². The zero-order chi connectivity index (χ0) is 15.2. The fourth-order valence-corrected chi connectivity index (χ4v) is 2.40. The Labute approximate surface area is 126 Å². The summed E-state index contributed by atoms with van der Waals surface area (Å²) >= 11 is 1.36. The van der Waals surface area contributed by atoms with E-state index in [2.05, 4.69) is 10.3 Å². The molecule has 0 unspecified atom stereocenters. The molecule has 0 bridgehead atoms. The molecule has 0 aliphatic rings. The lowest BCUT2D eigenvalue weighted by atomic mass is 10.1. The summed E-state index contributed by atoms with van der Waals surface area (Å²) in [7, 11) is 0. The van der Waals surface area contributed by atoms with E-state index in [1.54, 1.807) is 12.1 Å². The van der Waals surface area contributed by atoms with Crippen molar-refractivity contribution in [2.45, 2.75) is 13.3 Å². The van der Waals surface area contributed by atoms with E-state index in [-0.39, 0.29) is 12.3 Å². The van der Waals surface area contributed by atoms with Gasteiger partial charge in [0.05, 0.1) is 12.1 Å². The standard InChI is InChI=1S/C15H14N2O3S/c1-10(18)16-15-17-13(9-21-15)7-6-11-2-4-12(5-3-11)8-14(19)20/h2-7,9H,8H2,1H3,(H,19,20)(H,16,17,18)/b7-6+. The average molecular weight is 302 g/mol. The maximum atomic E-state index is 10.9. The first-order chi connectivity index (χ1) is 10.0. The predicted molar refractivity (Wildman–Crippen MR) is 83.1 cm³/mol. The minimum atomic E-state index is -0.841. The number of aromatic nitrogens is 1. The first-order valence-electron chi connectivity index (χ1n) is 6.25. The van der Waals surface area contributed by atoms with Gasteiger partial charge in [0.1, 0.15) is 0 Å². The first-order valence-corrected chi connectivity index (χ1v) is 7.13. The van der Waals surface area contributed by atoms with Crippen LogP contribution in [-0.4, -0.2) is 22.0 Å². The summed E-state index contributed by atoms with van der Waals surface area (Å²) in [6.07, 6.45) is 3.75. The molecule has 1 amide bonds. The Balaban J connectivity index is 2.01. The quantitative estimate of drug-likeness (QED) is 0.890. The molecule has 2 aromatic rings. The molecule has 1 aromatic carbocycles. The van der Waals surface area contributed by atoms with E-state index in [0.717, 1.165) is 16.8 Å². The summed E-state index contributed by atoms with van der Waals surface area (Å²) in [5, 5.41) is 13.7. The minimum Gasteiger partial charge on any atom is -0.481 e. The minimum absolute atomic E-state index is 0.0240. The molecule has 0 saturated heterocycles. The molecule has 0 saturated carbocycles. The highest BCUT2D eigenvalue weighted by atomic mass is 32.1. The molecule has 1 aromatic heterocycles. The van der Waals surface area contributed by atoms with Crippen molar-refractivity contribution < 1.29 is 14.7 Å². The van der Waals surface area contributed by atoms with Gasteiger partial charge < -0.3 is 10.4 Å². The molecule has 1 heterocycles. The summed E-state index contributed by atoms with van der Waals surface area (Å²) in [6, 6.07) is 7.29. The van der Waals surface area contributed by atoms with Gasteiger partial charge in [-0.25, -0.2) is 4.98 Å². The van der Waals surface area contributed by atoms with Crippen LogP contribution in [0.4, 0.5) is 5.13 Å². The SMILES string of the molecule is CC(=O)Nc1nc(/C=C/c2ccc(CC(=O)O)cc2)cs1. The van der Waals surface area contributed by atoms with Crippen LogP contribution in [0.1, 0.15) is 23.7 Å². The van der Waals surface area contributed by atoms with Gasteiger partial charge in [0.15, 0.2) is 5.13 Å². The van der Waals surface area contributed by atoms with Gasteiger partial charge in [-0.3, -0.25) is 9.59 Å². The number of benzene rings is 1. The third kappa shape index (κ3) is 4.85. The second-order valence-corrected chi connectivity index (χ2v) is 5.26. The van der Waals surface area contributed by atoms with E-state index in [1.807, 2.05) is 29.7 Å². The molecule has 2 rings (SSSR count). The highest BCUT2D eigenvalue weighted by Crippen LogP contribution is 2.17. The Hall–Kier alpha value is -2.47. The Kier molecular flexibility index (Phi) is 4.84. The number of carbonyl (C=O) groups is 2. The maximum absolute atomic E-state index is 10.9. The number of carbonyl (C=O) groups excluding carboxylic acids is 1. The molecule has 0 fully saturated rings. The number of anilines is 1. The van der Waals surface area contributed by atoms with E-state index in [9.17, 15) is 9.59 Å². The van der Waals surface area contributed by atoms with Crippen LogP contribution in [0.2, 0.25) is 0 Å². The van der Waals surface area contributed by atoms with E-state index in [4.69, 9.17) is 5.11 Å². The van der Waals surface area contributed by atoms with Crippen molar-refractivity contribution in [3.05, 3.63) is 46.5 Å². The number of aliphatic carboxylic acids is 1. The zero-order valence-corrected chi connectivity index (χ0v) is 12.2. The lowest BCUT2D eigenvalue weighted by Gasteiger charge is -1.97. The molecule has 0 aliphatic carbocycles. The van der Waals surface area contributed by atoms with Crippen LogP contribution < -0.4 is 5.32 Å². The van der Waals surface area contributed by atoms with Crippen molar-refractivity contribution >= 4 is 40.5 Å². The number of hydrogen-bond donors (Lipinski definition) is 2. The third-order valence-electron chi connectivity index (χ3n) is 2.59. The summed E-state index contributed by atoms with van der Waals surface area (Å²) in [5.41, 5.74) is 2.48. The van der Waals surface area contributed by atoms with Crippen molar-refractivity contribution in [3.8, 4) is 0 Å². The monoisotopic (exact) mass is 302 g/mol. The number of rotatable bonds is 5. The molecule has 5 nitrogen and oxygen atoms in total. The van der Waals surface area contributed by atoms with Crippen LogP contribution in [0.5, 0.6) is 0 Å². The molecule has 0 aliphatic heterocycles. The van der Waals surface area contributed by atoms with Gasteiger partial charge >= 0.3 is 5.97 Å². The number of nitrogens with zero attached hydrogens (tertiary/aromatic N) is 1. The molecule has 108 valence electrons. The lowest BCUT2D eigenvalue weighted by Crippen LogP contribution is -2.04. The summed E-state index contributed by atoms with van der Waals surface area (Å²) in [6.45, 7) is 1.44. The van der Waals surface area contributed by atoms with Crippen LogP contribution in [-0.2, 0) is 16.0 Å². The van der Waals surface area contributed by atoms with Gasteiger partial charge in [-0.05, 0) is 17.2 Å². The predicted octanol–water partition coefficient (Wildman–Crippen LogP) is 2.90. The molecule has 0 spiro atoms. The second kappa shape index (κ2) is 6.81. The number of hydrogen-bond acceptors (Lipinski definition) is 4. The van der Waals surface area contributed by atoms with Crippen molar-refractivity contribution in [1.82, 2.24) is 4.98 Å². The van der Waals surface area contributed by atoms with Gasteiger partial charge in [-0.2, -0.15) is 0 Å². The first kappa shape index (κ1) is 14.9. The van der Waals surface area contributed by atoms with Gasteiger partial charge in [0.2, 0.25) is 5.91 Å². The second-order valence-electron chi connectivity index (χ2n) is 4.40. The molecular weight excluding hydrogens is 288 g/mol. The van der Waals surface area contributed by atoms with Gasteiger partial charge in [0, 0.05) is 12.3 Å². The summed E-state index contributed by atoms with van der Waals surface area (Å²) in [4.78, 5) is 25.7. The van der Waals surface area contributed by atoms with Crippen LogP contribution in [0, 0.1) is 0 Å². The van der Waals surface area contributed by atoms with Gasteiger partial charge in [0.25, 0.3) is 0 Å². The van der Waals surface area contributed by atoms with E-state index in [1.165, 1.54) is 18.3 Å². The maximum Gasteiger partial charge on any atom is 0.307 e. The number of carboxylic acid groups (broad SMARTS) is 1. The Morgan fingerprint density at radius 1 is 1.29 bits per heavy atom. The Bertz CT molecular complexity index is 674. The normalized spacial score (nSPS) is 10.7. The van der Waals surface area contributed by atoms with Crippen molar-refractivity contribution in [3.63, 3.8) is 0 Å². The number of nitrogens with one attached hydrogen (secondary N) is 1. The third-order valence-corrected chi connectivity index (χ3v) is 3.36.